The molecular formula is C15H17NO3. The zero-order chi connectivity index (χ0) is 13.5. The molecule has 0 saturated heterocycles. The highest BCUT2D eigenvalue weighted by Gasteiger charge is 2.42. The van der Waals surface area contributed by atoms with Crippen molar-refractivity contribution < 1.29 is 14.3 Å². The molecule has 1 aromatic heterocycles. The first-order valence-electron chi connectivity index (χ1n) is 6.53. The van der Waals surface area contributed by atoms with E-state index < -0.39 is 5.54 Å². The third kappa shape index (κ3) is 2.12. The molecule has 0 bridgehead atoms. The Hall–Kier alpha value is -1.81. The molecule has 0 aliphatic heterocycles. The highest BCUT2D eigenvalue weighted by molar-refractivity contribution is 6.06. The van der Waals surface area contributed by atoms with Crippen LogP contribution < -0.4 is 5.32 Å². The fraction of sp³-hybridized carbons (Fsp3) is 0.400. The van der Waals surface area contributed by atoms with Crippen LogP contribution in [-0.2, 0) is 0 Å². The van der Waals surface area contributed by atoms with Gasteiger partial charge >= 0.3 is 0 Å². The molecule has 2 aromatic rings. The number of para-hydroxylation sites is 1. The molecule has 0 radical (unpaired) electrons. The van der Waals surface area contributed by atoms with Crippen LogP contribution in [0, 0.1) is 5.92 Å². The first-order chi connectivity index (χ1) is 9.14. The Morgan fingerprint density at radius 2 is 2.21 bits per heavy atom. The fourth-order valence-corrected chi connectivity index (χ4v) is 2.47. The van der Waals surface area contributed by atoms with Crippen LogP contribution in [0.5, 0.6) is 0 Å². The van der Waals surface area contributed by atoms with E-state index in [1.165, 1.54) is 6.26 Å². The molecule has 1 atom stereocenters. The van der Waals surface area contributed by atoms with Gasteiger partial charge in [-0.3, -0.25) is 4.79 Å². The molecule has 1 aromatic carbocycles. The van der Waals surface area contributed by atoms with Crippen molar-refractivity contribution >= 4 is 16.9 Å². The average Bonchev–Trinajstić information content (AvgIpc) is 3.19. The van der Waals surface area contributed by atoms with E-state index in [1.807, 2.05) is 31.2 Å². The Bertz CT molecular complexity index is 615. The summed E-state index contributed by atoms with van der Waals surface area (Å²) in [5.41, 5.74) is 0.691. The van der Waals surface area contributed by atoms with E-state index in [0.717, 1.165) is 18.2 Å². The molecule has 1 saturated carbocycles. The summed E-state index contributed by atoms with van der Waals surface area (Å²) in [5, 5.41) is 13.3. The average molecular weight is 259 g/mol. The van der Waals surface area contributed by atoms with Crippen molar-refractivity contribution in [1.82, 2.24) is 5.32 Å². The summed E-state index contributed by atoms with van der Waals surface area (Å²) < 4.78 is 5.37. The zero-order valence-electron chi connectivity index (χ0n) is 10.8. The lowest BCUT2D eigenvalue weighted by atomic mass is 9.96. The predicted octanol–water partition coefficient (Wildman–Crippen LogP) is 2.32. The number of rotatable bonds is 4. The SMILES string of the molecule is C[C@@](CO)(NC(=O)c1coc2ccccc12)C1CC1. The Labute approximate surface area is 111 Å². The zero-order valence-corrected chi connectivity index (χ0v) is 10.8. The summed E-state index contributed by atoms with van der Waals surface area (Å²) in [6.07, 6.45) is 3.59. The van der Waals surface area contributed by atoms with E-state index in [9.17, 15) is 9.90 Å². The molecule has 0 spiro atoms. The first-order valence-corrected chi connectivity index (χ1v) is 6.53. The second kappa shape index (κ2) is 4.38. The highest BCUT2D eigenvalue weighted by atomic mass is 16.3. The van der Waals surface area contributed by atoms with Crippen molar-refractivity contribution in [3.63, 3.8) is 0 Å². The van der Waals surface area contributed by atoms with Crippen molar-refractivity contribution in [1.29, 1.82) is 0 Å². The number of fused-ring (bicyclic) bond motifs is 1. The van der Waals surface area contributed by atoms with Gasteiger partial charge in [-0.25, -0.2) is 0 Å². The second-order valence-electron chi connectivity index (χ2n) is 5.45. The standard InChI is InChI=1S/C15H17NO3/c1-15(9-17,10-6-7-10)16-14(18)12-8-19-13-5-3-2-4-11(12)13/h2-5,8,10,17H,6-7,9H2,1H3,(H,16,18)/t15-/m0/s1. The highest BCUT2D eigenvalue weighted by Crippen LogP contribution is 2.39. The molecule has 19 heavy (non-hydrogen) atoms. The van der Waals surface area contributed by atoms with E-state index in [1.54, 1.807) is 0 Å². The lowest BCUT2D eigenvalue weighted by Gasteiger charge is -2.28. The van der Waals surface area contributed by atoms with Crippen molar-refractivity contribution in [2.24, 2.45) is 5.92 Å². The van der Waals surface area contributed by atoms with Gasteiger partial charge in [-0.2, -0.15) is 0 Å². The van der Waals surface area contributed by atoms with Gasteiger partial charge in [0.1, 0.15) is 11.8 Å². The monoisotopic (exact) mass is 259 g/mol. The molecule has 3 rings (SSSR count). The van der Waals surface area contributed by atoms with Crippen LogP contribution >= 0.6 is 0 Å². The second-order valence-corrected chi connectivity index (χ2v) is 5.45. The lowest BCUT2D eigenvalue weighted by molar-refractivity contribution is 0.0825. The minimum Gasteiger partial charge on any atom is -0.463 e. The third-order valence-corrected chi connectivity index (χ3v) is 3.93. The van der Waals surface area contributed by atoms with Gasteiger partial charge in [0.2, 0.25) is 0 Å². The van der Waals surface area contributed by atoms with Crippen LogP contribution in [0.25, 0.3) is 11.0 Å². The molecule has 1 fully saturated rings. The number of hydrogen-bond acceptors (Lipinski definition) is 3. The molecule has 4 nitrogen and oxygen atoms in total. The minimum absolute atomic E-state index is 0.0425. The predicted molar refractivity (Wildman–Crippen MR) is 71.9 cm³/mol. The van der Waals surface area contributed by atoms with Gasteiger partial charge in [0.05, 0.1) is 17.7 Å². The van der Waals surface area contributed by atoms with Gasteiger partial charge in [-0.05, 0) is 31.7 Å². The number of carbonyl (C=O) groups excluding carboxylic acids is 1. The Balaban J connectivity index is 1.87. The van der Waals surface area contributed by atoms with Crippen LogP contribution in [0.15, 0.2) is 34.9 Å². The molecule has 2 N–H and O–H groups in total. The molecule has 4 heteroatoms. The van der Waals surface area contributed by atoms with E-state index >= 15 is 0 Å². The van der Waals surface area contributed by atoms with Gasteiger partial charge in [-0.1, -0.05) is 18.2 Å². The number of benzene rings is 1. The third-order valence-electron chi connectivity index (χ3n) is 3.93. The maximum atomic E-state index is 12.3. The van der Waals surface area contributed by atoms with Crippen LogP contribution in [0.2, 0.25) is 0 Å². The Morgan fingerprint density at radius 1 is 1.47 bits per heavy atom. The normalized spacial score (nSPS) is 18.2. The van der Waals surface area contributed by atoms with Crippen LogP contribution in [0.1, 0.15) is 30.1 Å². The summed E-state index contributed by atoms with van der Waals surface area (Å²) in [6.45, 7) is 1.85. The number of furan rings is 1. The number of carbonyl (C=O) groups is 1. The van der Waals surface area contributed by atoms with Crippen LogP contribution in [-0.4, -0.2) is 23.2 Å². The summed E-state index contributed by atoms with van der Waals surface area (Å²) in [4.78, 5) is 12.3. The minimum atomic E-state index is -0.532. The smallest absolute Gasteiger partial charge is 0.255 e. The van der Waals surface area contributed by atoms with Gasteiger partial charge < -0.3 is 14.8 Å². The van der Waals surface area contributed by atoms with Crippen molar-refractivity contribution in [2.45, 2.75) is 25.3 Å². The van der Waals surface area contributed by atoms with Crippen molar-refractivity contribution in [3.8, 4) is 0 Å². The van der Waals surface area contributed by atoms with E-state index in [-0.39, 0.29) is 12.5 Å². The van der Waals surface area contributed by atoms with E-state index in [2.05, 4.69) is 5.32 Å². The first kappa shape index (κ1) is 12.2. The van der Waals surface area contributed by atoms with Gasteiger partial charge in [0.25, 0.3) is 5.91 Å². The van der Waals surface area contributed by atoms with E-state index in [0.29, 0.717) is 17.1 Å². The van der Waals surface area contributed by atoms with Gasteiger partial charge in [0, 0.05) is 5.39 Å². The lowest BCUT2D eigenvalue weighted by Crippen LogP contribution is -2.50. The molecule has 1 aliphatic rings. The number of aliphatic hydroxyl groups excluding tert-OH is 1. The van der Waals surface area contributed by atoms with Crippen molar-refractivity contribution in [3.05, 3.63) is 36.1 Å². The maximum Gasteiger partial charge on any atom is 0.255 e. The van der Waals surface area contributed by atoms with Crippen LogP contribution in [0.4, 0.5) is 0 Å². The summed E-state index contributed by atoms with van der Waals surface area (Å²) >= 11 is 0. The molecule has 0 unspecified atom stereocenters. The largest absolute Gasteiger partial charge is 0.463 e. The molecule has 1 heterocycles. The van der Waals surface area contributed by atoms with E-state index in [4.69, 9.17) is 4.42 Å². The number of nitrogens with one attached hydrogen (secondary N) is 1. The number of amides is 1. The molecule has 1 aliphatic carbocycles. The van der Waals surface area contributed by atoms with Crippen LogP contribution in [0.3, 0.4) is 0 Å². The number of hydrogen-bond donors (Lipinski definition) is 2. The molecule has 1 amide bonds. The maximum absolute atomic E-state index is 12.3. The summed E-state index contributed by atoms with van der Waals surface area (Å²) in [5.74, 6) is 0.188. The summed E-state index contributed by atoms with van der Waals surface area (Å²) in [6, 6.07) is 7.44. The molecule has 100 valence electrons. The fourth-order valence-electron chi connectivity index (χ4n) is 2.47. The van der Waals surface area contributed by atoms with Crippen molar-refractivity contribution in [2.75, 3.05) is 6.61 Å². The Kier molecular flexibility index (Phi) is 2.82. The molecular weight excluding hydrogens is 242 g/mol. The quantitative estimate of drug-likeness (QED) is 0.885. The summed E-state index contributed by atoms with van der Waals surface area (Å²) in [7, 11) is 0. The Morgan fingerprint density at radius 3 is 2.89 bits per heavy atom. The van der Waals surface area contributed by atoms with Gasteiger partial charge in [-0.15, -0.1) is 0 Å². The topological polar surface area (TPSA) is 62.5 Å². The number of aliphatic hydroxyl groups is 1. The van der Waals surface area contributed by atoms with Gasteiger partial charge in [0.15, 0.2) is 0 Å².